The Morgan fingerprint density at radius 3 is 1.26 bits per heavy atom. The van der Waals surface area contributed by atoms with Gasteiger partial charge in [-0.25, -0.2) is 20.4 Å². The van der Waals surface area contributed by atoms with E-state index in [4.69, 9.17) is 11.5 Å². The Labute approximate surface area is 220 Å². The van der Waals surface area contributed by atoms with Crippen molar-refractivity contribution in [3.05, 3.63) is 60.9 Å². The summed E-state index contributed by atoms with van der Waals surface area (Å²) in [5.74, 6) is -0.270. The van der Waals surface area contributed by atoms with E-state index in [1.165, 1.54) is 26.2 Å². The number of carbonyl (C=O) groups excluding carboxylic acids is 4. The first-order valence-corrected chi connectivity index (χ1v) is 10.8. The predicted molar refractivity (Wildman–Crippen MR) is 141 cm³/mol. The van der Waals surface area contributed by atoms with Crippen LogP contribution in [0.3, 0.4) is 0 Å². The van der Waals surface area contributed by atoms with Gasteiger partial charge in [-0.3, -0.25) is 9.59 Å². The number of carbonyl (C=O) groups is 4. The Morgan fingerprint density at radius 1 is 0.641 bits per heavy atom. The molecule has 204 valence electrons. The first-order chi connectivity index (χ1) is 18.1. The molecule has 0 radical (unpaired) electrons. The van der Waals surface area contributed by atoms with E-state index in [-0.39, 0.29) is 17.3 Å². The number of nitrogens with zero attached hydrogens (tertiary/aromatic N) is 6. The lowest BCUT2D eigenvalue weighted by Crippen LogP contribution is -2.28. The number of nitrogens with two attached hydrogens (primary N) is 2. The van der Waals surface area contributed by atoms with Gasteiger partial charge in [0.25, 0.3) is 0 Å². The highest BCUT2D eigenvalue weighted by Gasteiger charge is 2.06. The number of nitrogens with one attached hydrogen (secondary N) is 4. The van der Waals surface area contributed by atoms with Gasteiger partial charge in [-0.15, -0.1) is 10.2 Å². The molecule has 0 unspecified atom stereocenters. The molecule has 2 aromatic heterocycles. The summed E-state index contributed by atoms with van der Waals surface area (Å²) in [5, 5.41) is 20.5. The maximum absolute atomic E-state index is 10.9. The first-order valence-electron chi connectivity index (χ1n) is 10.8. The van der Waals surface area contributed by atoms with E-state index in [0.29, 0.717) is 22.8 Å². The molecular formula is C22H26N12O5. The smallest absolute Gasteiger partial charge is 0.332 e. The van der Waals surface area contributed by atoms with Crippen LogP contribution in [0, 0.1) is 0 Å². The van der Waals surface area contributed by atoms with Crippen LogP contribution in [0.2, 0.25) is 0 Å². The SMILES string of the molecule is CC(=O)Nc1ccc(-c2cn(NC(N)=O)nn2)cc1.CC(=O)Nc1ccc(-c2cn(NC(N)=O)nn2)cc1.O. The highest BCUT2D eigenvalue weighted by atomic mass is 16.2. The van der Waals surface area contributed by atoms with Crippen LogP contribution in [-0.4, -0.2) is 59.6 Å². The minimum Gasteiger partial charge on any atom is -0.412 e. The van der Waals surface area contributed by atoms with Crippen LogP contribution in [0.4, 0.5) is 21.0 Å². The van der Waals surface area contributed by atoms with E-state index >= 15 is 0 Å². The van der Waals surface area contributed by atoms with Gasteiger partial charge in [0, 0.05) is 36.3 Å². The van der Waals surface area contributed by atoms with Gasteiger partial charge in [-0.2, -0.15) is 9.58 Å². The van der Waals surface area contributed by atoms with Gasteiger partial charge in [0.2, 0.25) is 11.8 Å². The Bertz CT molecular complexity index is 1320. The molecule has 0 atom stereocenters. The van der Waals surface area contributed by atoms with Gasteiger partial charge in [0.1, 0.15) is 11.4 Å². The van der Waals surface area contributed by atoms with Crippen molar-refractivity contribution in [2.24, 2.45) is 11.5 Å². The van der Waals surface area contributed by atoms with Gasteiger partial charge in [-0.05, 0) is 34.7 Å². The number of hydrogen-bond donors (Lipinski definition) is 6. The molecule has 10 N–H and O–H groups in total. The van der Waals surface area contributed by atoms with Gasteiger partial charge in [-0.1, -0.05) is 24.3 Å². The van der Waals surface area contributed by atoms with Crippen molar-refractivity contribution in [3.8, 4) is 22.5 Å². The van der Waals surface area contributed by atoms with E-state index in [2.05, 4.69) is 42.1 Å². The number of anilines is 2. The van der Waals surface area contributed by atoms with Crippen molar-refractivity contribution >= 4 is 35.3 Å². The zero-order chi connectivity index (χ0) is 27.7. The first kappa shape index (κ1) is 29.4. The number of hydrogen-bond acceptors (Lipinski definition) is 8. The van der Waals surface area contributed by atoms with Crippen molar-refractivity contribution in [1.82, 2.24) is 30.2 Å². The second-order valence-corrected chi connectivity index (χ2v) is 7.57. The zero-order valence-corrected chi connectivity index (χ0v) is 20.7. The minimum absolute atomic E-state index is 0. The Balaban J connectivity index is 0.000000267. The maximum atomic E-state index is 10.9. The molecule has 4 rings (SSSR count). The van der Waals surface area contributed by atoms with E-state index in [9.17, 15) is 19.2 Å². The molecule has 0 saturated carbocycles. The molecule has 0 bridgehead atoms. The van der Waals surface area contributed by atoms with E-state index in [1.807, 2.05) is 0 Å². The molecule has 4 aromatic rings. The number of aromatic nitrogens is 6. The van der Waals surface area contributed by atoms with Crippen LogP contribution in [0.5, 0.6) is 0 Å². The fourth-order valence-electron chi connectivity index (χ4n) is 2.98. The standard InChI is InChI=1S/2C11H12N6O2.H2O/c2*1-7(18)13-9-4-2-8(3-5-9)10-6-17(16-14-10)15-11(12)19;/h2*2-6H,1H3,(H,13,18)(H3,12,15,19);1H2. The third-order valence-corrected chi connectivity index (χ3v) is 4.44. The number of benzene rings is 2. The Hall–Kier alpha value is -5.84. The minimum atomic E-state index is -0.725. The van der Waals surface area contributed by atoms with Crippen LogP contribution in [0.25, 0.3) is 22.5 Å². The lowest BCUT2D eigenvalue weighted by atomic mass is 10.1. The topological polar surface area (TPSA) is 261 Å². The summed E-state index contributed by atoms with van der Waals surface area (Å²) in [7, 11) is 0. The average molecular weight is 539 g/mol. The molecule has 0 aliphatic rings. The van der Waals surface area contributed by atoms with Gasteiger partial charge < -0.3 is 27.6 Å². The summed E-state index contributed by atoms with van der Waals surface area (Å²) >= 11 is 0. The fraction of sp³-hybridized carbons (Fsp3) is 0.0909. The molecule has 0 fully saturated rings. The van der Waals surface area contributed by atoms with Crippen molar-refractivity contribution in [2.75, 3.05) is 21.5 Å². The molecule has 2 aromatic carbocycles. The third-order valence-electron chi connectivity index (χ3n) is 4.44. The molecule has 17 nitrogen and oxygen atoms in total. The Kier molecular flexibility index (Phi) is 10.1. The highest BCUT2D eigenvalue weighted by molar-refractivity contribution is 5.89. The van der Waals surface area contributed by atoms with Crippen molar-refractivity contribution in [3.63, 3.8) is 0 Å². The van der Waals surface area contributed by atoms with Crippen LogP contribution in [0.1, 0.15) is 13.8 Å². The molecular weight excluding hydrogens is 512 g/mol. The number of amides is 6. The van der Waals surface area contributed by atoms with Gasteiger partial charge >= 0.3 is 12.1 Å². The number of urea groups is 2. The fourth-order valence-corrected chi connectivity index (χ4v) is 2.98. The lowest BCUT2D eigenvalue weighted by Gasteiger charge is -2.02. The van der Waals surface area contributed by atoms with Crippen LogP contribution >= 0.6 is 0 Å². The third kappa shape index (κ3) is 9.28. The van der Waals surface area contributed by atoms with E-state index < -0.39 is 12.1 Å². The molecule has 17 heteroatoms. The molecule has 39 heavy (non-hydrogen) atoms. The summed E-state index contributed by atoms with van der Waals surface area (Å²) in [6.45, 7) is 2.88. The van der Waals surface area contributed by atoms with E-state index in [0.717, 1.165) is 20.7 Å². The summed E-state index contributed by atoms with van der Waals surface area (Å²) in [6, 6.07) is 12.7. The number of rotatable bonds is 6. The van der Waals surface area contributed by atoms with Crippen molar-refractivity contribution in [2.45, 2.75) is 13.8 Å². The lowest BCUT2D eigenvalue weighted by molar-refractivity contribution is -0.115. The summed E-state index contributed by atoms with van der Waals surface area (Å²) < 4.78 is 0. The normalized spacial score (nSPS) is 9.69. The van der Waals surface area contributed by atoms with Gasteiger partial charge in [0.05, 0.1) is 12.4 Å². The summed E-state index contributed by atoms with van der Waals surface area (Å²) in [6.07, 6.45) is 3.05. The summed E-state index contributed by atoms with van der Waals surface area (Å²) in [5.41, 5.74) is 18.6. The van der Waals surface area contributed by atoms with Crippen LogP contribution in [0.15, 0.2) is 60.9 Å². The largest absolute Gasteiger partial charge is 0.412 e. The molecule has 6 amide bonds. The molecule has 0 aliphatic carbocycles. The van der Waals surface area contributed by atoms with Gasteiger partial charge in [0.15, 0.2) is 0 Å². The maximum Gasteiger partial charge on any atom is 0.332 e. The van der Waals surface area contributed by atoms with Crippen molar-refractivity contribution in [1.29, 1.82) is 0 Å². The molecule has 0 aliphatic heterocycles. The van der Waals surface area contributed by atoms with Crippen LogP contribution < -0.4 is 33.0 Å². The molecule has 0 spiro atoms. The highest BCUT2D eigenvalue weighted by Crippen LogP contribution is 2.19. The second kappa shape index (κ2) is 13.5. The summed E-state index contributed by atoms with van der Waals surface area (Å²) in [4.78, 5) is 45.3. The predicted octanol–water partition coefficient (Wildman–Crippen LogP) is 0.227. The van der Waals surface area contributed by atoms with Crippen LogP contribution in [-0.2, 0) is 9.59 Å². The van der Waals surface area contributed by atoms with Crippen molar-refractivity contribution < 1.29 is 24.7 Å². The molecule has 0 saturated heterocycles. The average Bonchev–Trinajstić information content (AvgIpc) is 3.49. The monoisotopic (exact) mass is 538 g/mol. The quantitative estimate of drug-likeness (QED) is 0.197. The Morgan fingerprint density at radius 2 is 0.974 bits per heavy atom. The molecule has 2 heterocycles. The number of primary amides is 2. The zero-order valence-electron chi connectivity index (χ0n) is 20.7. The van der Waals surface area contributed by atoms with E-state index in [1.54, 1.807) is 48.5 Å². The second-order valence-electron chi connectivity index (χ2n) is 7.57.